The Bertz CT molecular complexity index is 470. The quantitative estimate of drug-likeness (QED) is 0.720. The van der Waals surface area contributed by atoms with Crippen LogP contribution in [0.5, 0.6) is 0 Å². The summed E-state index contributed by atoms with van der Waals surface area (Å²) in [5.74, 6) is 1.51. The predicted octanol–water partition coefficient (Wildman–Crippen LogP) is 4.34. The first-order valence-electron chi connectivity index (χ1n) is 8.01. The summed E-state index contributed by atoms with van der Waals surface area (Å²) in [7, 11) is 0. The molecule has 0 aromatic heterocycles. The minimum absolute atomic E-state index is 0.340. The van der Waals surface area contributed by atoms with Crippen molar-refractivity contribution in [2.75, 3.05) is 6.61 Å². The SMILES string of the molecule is CCOC1CC(CC(=O)c2ccccc2C2CCC2)C1. The molecule has 0 aliphatic heterocycles. The van der Waals surface area contributed by atoms with Crippen LogP contribution in [0, 0.1) is 5.92 Å². The second kappa shape index (κ2) is 6.09. The Labute approximate surface area is 121 Å². The van der Waals surface area contributed by atoms with Crippen LogP contribution in [-0.4, -0.2) is 18.5 Å². The zero-order valence-electron chi connectivity index (χ0n) is 12.3. The van der Waals surface area contributed by atoms with Gasteiger partial charge in [0.15, 0.2) is 5.78 Å². The van der Waals surface area contributed by atoms with Crippen molar-refractivity contribution in [2.24, 2.45) is 5.92 Å². The van der Waals surface area contributed by atoms with Crippen LogP contribution in [0.3, 0.4) is 0 Å². The summed E-state index contributed by atoms with van der Waals surface area (Å²) in [5.41, 5.74) is 2.28. The number of rotatable bonds is 6. The summed E-state index contributed by atoms with van der Waals surface area (Å²) in [6.45, 7) is 2.82. The fraction of sp³-hybridized carbons (Fsp3) is 0.611. The molecule has 0 amide bonds. The summed E-state index contributed by atoms with van der Waals surface area (Å²) in [6, 6.07) is 8.24. The second-order valence-electron chi connectivity index (χ2n) is 6.26. The van der Waals surface area contributed by atoms with Crippen LogP contribution in [0.25, 0.3) is 0 Å². The van der Waals surface area contributed by atoms with Gasteiger partial charge in [0.2, 0.25) is 0 Å². The molecular weight excluding hydrogens is 248 g/mol. The second-order valence-corrected chi connectivity index (χ2v) is 6.26. The molecule has 0 unspecified atom stereocenters. The van der Waals surface area contributed by atoms with E-state index in [0.29, 0.717) is 30.1 Å². The fourth-order valence-corrected chi connectivity index (χ4v) is 3.41. The van der Waals surface area contributed by atoms with Crippen molar-refractivity contribution < 1.29 is 9.53 Å². The average Bonchev–Trinajstić information content (AvgIpc) is 2.35. The molecule has 2 fully saturated rings. The lowest BCUT2D eigenvalue weighted by Gasteiger charge is -2.35. The summed E-state index contributed by atoms with van der Waals surface area (Å²) in [5, 5.41) is 0. The standard InChI is InChI=1S/C18H24O2/c1-2-20-15-10-13(11-15)12-18(19)17-9-4-3-8-16(17)14-6-5-7-14/h3-4,8-9,13-15H,2,5-7,10-12H2,1H3. The molecule has 2 aliphatic rings. The zero-order chi connectivity index (χ0) is 13.9. The van der Waals surface area contributed by atoms with Crippen molar-refractivity contribution in [2.45, 2.75) is 57.5 Å². The number of carbonyl (C=O) groups excluding carboxylic acids is 1. The van der Waals surface area contributed by atoms with Crippen molar-refractivity contribution in [1.29, 1.82) is 0 Å². The predicted molar refractivity (Wildman–Crippen MR) is 80.1 cm³/mol. The van der Waals surface area contributed by atoms with Gasteiger partial charge in [0.05, 0.1) is 6.10 Å². The number of Topliss-reactive ketones (excluding diaryl/α,β-unsaturated/α-hetero) is 1. The Balaban J connectivity index is 1.60. The van der Waals surface area contributed by atoms with E-state index in [1.54, 1.807) is 0 Å². The first kappa shape index (κ1) is 13.8. The van der Waals surface area contributed by atoms with Crippen molar-refractivity contribution in [1.82, 2.24) is 0 Å². The Morgan fingerprint density at radius 2 is 2.00 bits per heavy atom. The van der Waals surface area contributed by atoms with E-state index in [0.717, 1.165) is 25.0 Å². The van der Waals surface area contributed by atoms with Gasteiger partial charge < -0.3 is 4.74 Å². The number of ketones is 1. The molecule has 0 radical (unpaired) electrons. The highest BCUT2D eigenvalue weighted by Crippen LogP contribution is 2.39. The third-order valence-electron chi connectivity index (χ3n) is 4.88. The number of carbonyl (C=O) groups is 1. The van der Waals surface area contributed by atoms with Gasteiger partial charge in [-0.2, -0.15) is 0 Å². The molecule has 0 atom stereocenters. The van der Waals surface area contributed by atoms with E-state index >= 15 is 0 Å². The maximum Gasteiger partial charge on any atom is 0.163 e. The lowest BCUT2D eigenvalue weighted by molar-refractivity contribution is -0.0246. The Kier molecular flexibility index (Phi) is 4.21. The van der Waals surface area contributed by atoms with Gasteiger partial charge in [0, 0.05) is 18.6 Å². The molecule has 1 aromatic rings. The van der Waals surface area contributed by atoms with Gasteiger partial charge in [-0.3, -0.25) is 4.79 Å². The van der Waals surface area contributed by atoms with Crippen molar-refractivity contribution >= 4 is 5.78 Å². The molecule has 0 spiro atoms. The summed E-state index contributed by atoms with van der Waals surface area (Å²) >= 11 is 0. The van der Waals surface area contributed by atoms with Crippen molar-refractivity contribution in [3.63, 3.8) is 0 Å². The van der Waals surface area contributed by atoms with Crippen molar-refractivity contribution in [3.05, 3.63) is 35.4 Å². The summed E-state index contributed by atoms with van der Waals surface area (Å²) < 4.78 is 5.57. The van der Waals surface area contributed by atoms with Gasteiger partial charge in [0.25, 0.3) is 0 Å². The largest absolute Gasteiger partial charge is 0.378 e. The number of hydrogen-bond donors (Lipinski definition) is 0. The third kappa shape index (κ3) is 2.80. The fourth-order valence-electron chi connectivity index (χ4n) is 3.41. The first-order chi connectivity index (χ1) is 9.78. The molecule has 2 nitrogen and oxygen atoms in total. The van der Waals surface area contributed by atoms with E-state index in [-0.39, 0.29) is 0 Å². The van der Waals surface area contributed by atoms with E-state index < -0.39 is 0 Å². The van der Waals surface area contributed by atoms with E-state index in [9.17, 15) is 4.79 Å². The normalized spacial score (nSPS) is 25.9. The molecule has 1 aromatic carbocycles. The van der Waals surface area contributed by atoms with E-state index in [2.05, 4.69) is 12.1 Å². The topological polar surface area (TPSA) is 26.3 Å². The average molecular weight is 272 g/mol. The van der Waals surface area contributed by atoms with Crippen LogP contribution >= 0.6 is 0 Å². The van der Waals surface area contributed by atoms with Gasteiger partial charge >= 0.3 is 0 Å². The van der Waals surface area contributed by atoms with Gasteiger partial charge in [-0.1, -0.05) is 30.7 Å². The van der Waals surface area contributed by atoms with Gasteiger partial charge in [-0.15, -0.1) is 0 Å². The third-order valence-corrected chi connectivity index (χ3v) is 4.88. The molecule has 2 saturated carbocycles. The highest BCUT2D eigenvalue weighted by Gasteiger charge is 2.32. The Morgan fingerprint density at radius 3 is 2.65 bits per heavy atom. The Hall–Kier alpha value is -1.15. The first-order valence-corrected chi connectivity index (χ1v) is 8.01. The lowest BCUT2D eigenvalue weighted by atomic mass is 9.75. The molecule has 3 rings (SSSR count). The maximum absolute atomic E-state index is 12.5. The lowest BCUT2D eigenvalue weighted by Crippen LogP contribution is -2.33. The highest BCUT2D eigenvalue weighted by atomic mass is 16.5. The van der Waals surface area contributed by atoms with E-state index in [1.165, 1.54) is 24.8 Å². The van der Waals surface area contributed by atoms with Crippen LogP contribution in [-0.2, 0) is 4.74 Å². The molecule has 0 N–H and O–H groups in total. The molecule has 2 aliphatic carbocycles. The van der Waals surface area contributed by atoms with Crippen LogP contribution in [0.4, 0.5) is 0 Å². The minimum Gasteiger partial charge on any atom is -0.378 e. The van der Waals surface area contributed by atoms with E-state index in [4.69, 9.17) is 4.74 Å². The zero-order valence-corrected chi connectivity index (χ0v) is 12.3. The van der Waals surface area contributed by atoms with Crippen LogP contribution in [0.2, 0.25) is 0 Å². The number of ether oxygens (including phenoxy) is 1. The number of benzene rings is 1. The summed E-state index contributed by atoms with van der Waals surface area (Å²) in [4.78, 5) is 12.5. The maximum atomic E-state index is 12.5. The molecule has 0 saturated heterocycles. The molecule has 0 bridgehead atoms. The highest BCUT2D eigenvalue weighted by molar-refractivity contribution is 5.97. The molecule has 108 valence electrons. The van der Waals surface area contributed by atoms with Crippen LogP contribution in [0.1, 0.15) is 67.3 Å². The van der Waals surface area contributed by atoms with Crippen LogP contribution in [0.15, 0.2) is 24.3 Å². The Morgan fingerprint density at radius 1 is 1.25 bits per heavy atom. The van der Waals surface area contributed by atoms with E-state index in [1.807, 2.05) is 19.1 Å². The molecular formula is C18H24O2. The minimum atomic E-state index is 0.340. The van der Waals surface area contributed by atoms with Gasteiger partial charge in [-0.05, 0) is 50.0 Å². The van der Waals surface area contributed by atoms with Crippen LogP contribution < -0.4 is 0 Å². The molecule has 2 heteroatoms. The number of hydrogen-bond acceptors (Lipinski definition) is 2. The molecule has 20 heavy (non-hydrogen) atoms. The smallest absolute Gasteiger partial charge is 0.163 e. The van der Waals surface area contributed by atoms with Crippen molar-refractivity contribution in [3.8, 4) is 0 Å². The van der Waals surface area contributed by atoms with Gasteiger partial charge in [-0.25, -0.2) is 0 Å². The van der Waals surface area contributed by atoms with Gasteiger partial charge in [0.1, 0.15) is 0 Å². The monoisotopic (exact) mass is 272 g/mol. The summed E-state index contributed by atoms with van der Waals surface area (Å²) in [6.07, 6.45) is 7.04. The molecule has 0 heterocycles.